The summed E-state index contributed by atoms with van der Waals surface area (Å²) < 4.78 is 11.3. The first kappa shape index (κ1) is 15.1. The van der Waals surface area contributed by atoms with Gasteiger partial charge in [0.05, 0.1) is 13.0 Å². The summed E-state index contributed by atoms with van der Waals surface area (Å²) in [5.74, 6) is 2.23. The fourth-order valence-electron chi connectivity index (χ4n) is 3.19. The van der Waals surface area contributed by atoms with E-state index in [1.165, 1.54) is 0 Å². The van der Waals surface area contributed by atoms with E-state index >= 15 is 0 Å². The van der Waals surface area contributed by atoms with Gasteiger partial charge in [-0.25, -0.2) is 14.9 Å². The minimum atomic E-state index is -0.406. The van der Waals surface area contributed by atoms with E-state index in [9.17, 15) is 9.59 Å². The lowest BCUT2D eigenvalue weighted by atomic mass is 10.0. The van der Waals surface area contributed by atoms with Crippen molar-refractivity contribution in [2.75, 3.05) is 19.8 Å². The van der Waals surface area contributed by atoms with E-state index in [1.807, 2.05) is 0 Å². The Bertz CT molecular complexity index is 786. The standard InChI is InChI=1S/C15H19N5O4/c21-13(7-12-17-15(22)19-18-12)20-4-1-11-10(8-20)16-14(24-11)9-2-5-23-6-3-9/h9H,1-8H2,(H2,17,18,19,22). The van der Waals surface area contributed by atoms with Crippen LogP contribution in [-0.2, 0) is 28.9 Å². The smallest absolute Gasteiger partial charge is 0.340 e. The van der Waals surface area contributed by atoms with E-state index in [1.54, 1.807) is 4.90 Å². The van der Waals surface area contributed by atoms with Gasteiger partial charge in [0.25, 0.3) is 0 Å². The summed E-state index contributed by atoms with van der Waals surface area (Å²) in [5.41, 5.74) is 0.433. The highest BCUT2D eigenvalue weighted by atomic mass is 16.5. The van der Waals surface area contributed by atoms with Gasteiger partial charge < -0.3 is 14.1 Å². The van der Waals surface area contributed by atoms with Crippen molar-refractivity contribution in [3.05, 3.63) is 33.7 Å². The topological polar surface area (TPSA) is 117 Å². The molecule has 0 unspecified atom stereocenters. The molecule has 0 bridgehead atoms. The van der Waals surface area contributed by atoms with Gasteiger partial charge in [-0.15, -0.1) is 0 Å². The van der Waals surface area contributed by atoms with Gasteiger partial charge in [0, 0.05) is 32.1 Å². The van der Waals surface area contributed by atoms with Gasteiger partial charge in [0.1, 0.15) is 17.3 Å². The third kappa shape index (κ3) is 2.99. The fourth-order valence-corrected chi connectivity index (χ4v) is 3.19. The summed E-state index contributed by atoms with van der Waals surface area (Å²) in [7, 11) is 0. The van der Waals surface area contributed by atoms with Crippen LogP contribution in [-0.4, -0.2) is 50.7 Å². The number of nitrogens with one attached hydrogen (secondary N) is 2. The van der Waals surface area contributed by atoms with Gasteiger partial charge in [0.2, 0.25) is 5.91 Å². The SMILES string of the molecule is O=C(Cc1n[nH]c(=O)[nH]1)N1CCc2oc(C3CCOCC3)nc2C1. The van der Waals surface area contributed by atoms with E-state index in [0.717, 1.165) is 43.4 Å². The molecule has 0 aromatic carbocycles. The lowest BCUT2D eigenvalue weighted by Gasteiger charge is -2.24. The van der Waals surface area contributed by atoms with Crippen LogP contribution in [0.3, 0.4) is 0 Å². The second-order valence-electron chi connectivity index (χ2n) is 6.18. The lowest BCUT2D eigenvalue weighted by Crippen LogP contribution is -2.37. The van der Waals surface area contributed by atoms with Crippen LogP contribution in [0.1, 0.15) is 41.9 Å². The number of hydrogen-bond donors (Lipinski definition) is 2. The summed E-state index contributed by atoms with van der Waals surface area (Å²) in [6.45, 7) is 2.51. The molecule has 0 radical (unpaired) electrons. The van der Waals surface area contributed by atoms with Crippen molar-refractivity contribution in [2.24, 2.45) is 0 Å². The Morgan fingerprint density at radius 1 is 1.33 bits per heavy atom. The van der Waals surface area contributed by atoms with Gasteiger partial charge in [-0.1, -0.05) is 0 Å². The minimum absolute atomic E-state index is 0.0682. The molecule has 4 heterocycles. The molecule has 24 heavy (non-hydrogen) atoms. The van der Waals surface area contributed by atoms with E-state index in [4.69, 9.17) is 9.15 Å². The zero-order chi connectivity index (χ0) is 16.5. The number of rotatable bonds is 3. The predicted molar refractivity (Wildman–Crippen MR) is 81.3 cm³/mol. The Labute approximate surface area is 137 Å². The Balaban J connectivity index is 1.44. The lowest BCUT2D eigenvalue weighted by molar-refractivity contribution is -0.131. The van der Waals surface area contributed by atoms with Gasteiger partial charge in [-0.2, -0.15) is 5.10 Å². The first-order chi connectivity index (χ1) is 11.7. The van der Waals surface area contributed by atoms with Gasteiger partial charge in [0.15, 0.2) is 5.89 Å². The molecular weight excluding hydrogens is 314 g/mol. The van der Waals surface area contributed by atoms with Crippen molar-refractivity contribution in [1.82, 2.24) is 25.1 Å². The number of oxazole rings is 1. The second-order valence-corrected chi connectivity index (χ2v) is 6.18. The van der Waals surface area contributed by atoms with Crippen molar-refractivity contribution in [3.63, 3.8) is 0 Å². The monoisotopic (exact) mass is 333 g/mol. The highest BCUT2D eigenvalue weighted by molar-refractivity contribution is 5.78. The number of nitrogens with zero attached hydrogens (tertiary/aromatic N) is 3. The molecule has 1 amide bonds. The summed E-state index contributed by atoms with van der Waals surface area (Å²) >= 11 is 0. The first-order valence-electron chi connectivity index (χ1n) is 8.16. The molecule has 9 heteroatoms. The number of carbonyl (C=O) groups is 1. The fraction of sp³-hybridized carbons (Fsp3) is 0.600. The molecule has 1 saturated heterocycles. The maximum absolute atomic E-state index is 12.4. The van der Waals surface area contributed by atoms with Gasteiger partial charge in [-0.05, 0) is 12.8 Å². The summed E-state index contributed by atoms with van der Waals surface area (Å²) in [4.78, 5) is 32.3. The molecule has 0 aliphatic carbocycles. The van der Waals surface area contributed by atoms with Crippen LogP contribution in [0.2, 0.25) is 0 Å². The van der Waals surface area contributed by atoms with Crippen LogP contribution >= 0.6 is 0 Å². The van der Waals surface area contributed by atoms with Crippen molar-refractivity contribution in [2.45, 2.75) is 38.1 Å². The van der Waals surface area contributed by atoms with Gasteiger partial charge >= 0.3 is 5.69 Å². The third-order valence-electron chi connectivity index (χ3n) is 4.54. The number of H-pyrrole nitrogens is 2. The summed E-state index contributed by atoms with van der Waals surface area (Å²) in [6, 6.07) is 0. The quantitative estimate of drug-likeness (QED) is 0.823. The Hall–Kier alpha value is -2.42. The molecule has 2 aromatic heterocycles. The average molecular weight is 333 g/mol. The van der Waals surface area contributed by atoms with Crippen molar-refractivity contribution in [1.29, 1.82) is 0 Å². The zero-order valence-electron chi connectivity index (χ0n) is 13.2. The Morgan fingerprint density at radius 2 is 2.17 bits per heavy atom. The maximum atomic E-state index is 12.4. The van der Waals surface area contributed by atoms with E-state index in [2.05, 4.69) is 20.2 Å². The number of ether oxygens (including phenoxy) is 1. The van der Waals surface area contributed by atoms with E-state index in [0.29, 0.717) is 31.3 Å². The summed E-state index contributed by atoms with van der Waals surface area (Å²) in [6.07, 6.45) is 2.58. The summed E-state index contributed by atoms with van der Waals surface area (Å²) in [5, 5.41) is 6.04. The predicted octanol–water partition coefficient (Wildman–Crippen LogP) is 0.107. The molecule has 0 saturated carbocycles. The molecule has 2 N–H and O–H groups in total. The average Bonchev–Trinajstić information content (AvgIpc) is 3.21. The number of fused-ring (bicyclic) bond motifs is 1. The van der Waals surface area contributed by atoms with Gasteiger partial charge in [-0.3, -0.25) is 9.78 Å². The van der Waals surface area contributed by atoms with Crippen LogP contribution in [0, 0.1) is 0 Å². The number of carbonyl (C=O) groups excluding carboxylic acids is 1. The minimum Gasteiger partial charge on any atom is -0.445 e. The molecule has 0 spiro atoms. The van der Waals surface area contributed by atoms with E-state index < -0.39 is 5.69 Å². The van der Waals surface area contributed by atoms with Crippen molar-refractivity contribution < 1.29 is 13.9 Å². The Morgan fingerprint density at radius 3 is 2.92 bits per heavy atom. The molecule has 4 rings (SSSR count). The van der Waals surface area contributed by atoms with Crippen LogP contribution in [0.5, 0.6) is 0 Å². The zero-order valence-corrected chi connectivity index (χ0v) is 13.2. The van der Waals surface area contributed by atoms with Crippen molar-refractivity contribution >= 4 is 5.91 Å². The molecule has 128 valence electrons. The molecule has 2 aromatic rings. The molecule has 9 nitrogen and oxygen atoms in total. The number of hydrogen-bond acceptors (Lipinski definition) is 6. The highest BCUT2D eigenvalue weighted by Gasteiger charge is 2.28. The van der Waals surface area contributed by atoms with Crippen LogP contribution in [0.4, 0.5) is 0 Å². The highest BCUT2D eigenvalue weighted by Crippen LogP contribution is 2.30. The molecule has 1 fully saturated rings. The second kappa shape index (κ2) is 6.23. The maximum Gasteiger partial charge on any atom is 0.340 e. The van der Waals surface area contributed by atoms with Crippen LogP contribution in [0.25, 0.3) is 0 Å². The largest absolute Gasteiger partial charge is 0.445 e. The van der Waals surface area contributed by atoms with Crippen molar-refractivity contribution in [3.8, 4) is 0 Å². The van der Waals surface area contributed by atoms with Crippen LogP contribution in [0.15, 0.2) is 9.21 Å². The number of aromatic nitrogens is 4. The Kier molecular flexibility index (Phi) is 3.93. The van der Waals surface area contributed by atoms with E-state index in [-0.39, 0.29) is 12.3 Å². The number of aromatic amines is 2. The first-order valence-corrected chi connectivity index (χ1v) is 8.16. The molecule has 2 aliphatic rings. The normalized spacial score (nSPS) is 18.6. The molecule has 2 aliphatic heterocycles. The third-order valence-corrected chi connectivity index (χ3v) is 4.54. The number of amides is 1. The molecule has 0 atom stereocenters. The molecular formula is C15H19N5O4. The van der Waals surface area contributed by atoms with Crippen LogP contribution < -0.4 is 5.69 Å².